The molecule has 1 aliphatic rings. The fraction of sp³-hybridized carbons (Fsp3) is 0.318. The minimum atomic E-state index is -3.58. The number of carbonyl (C=O) groups excluding carboxylic acids is 1. The van der Waals surface area contributed by atoms with Crippen LogP contribution in [0.3, 0.4) is 0 Å². The van der Waals surface area contributed by atoms with Crippen molar-refractivity contribution in [3.05, 3.63) is 65.3 Å². The number of nitrogens with zero attached hydrogens (tertiary/aromatic N) is 2. The van der Waals surface area contributed by atoms with E-state index in [2.05, 4.69) is 5.32 Å². The van der Waals surface area contributed by atoms with Gasteiger partial charge in [-0.2, -0.15) is 4.31 Å². The number of aryl methyl sites for hydroxylation is 1. The lowest BCUT2D eigenvalue weighted by Crippen LogP contribution is -2.42. The van der Waals surface area contributed by atoms with Gasteiger partial charge in [-0.15, -0.1) is 0 Å². The fourth-order valence-corrected chi connectivity index (χ4v) is 5.63. The topological polar surface area (TPSA) is 71.4 Å². The molecule has 3 aromatic rings. The predicted octanol–water partition coefficient (Wildman–Crippen LogP) is 3.55. The number of carbonyl (C=O) groups is 1. The third-order valence-electron chi connectivity index (χ3n) is 5.67. The van der Waals surface area contributed by atoms with Crippen molar-refractivity contribution in [2.75, 3.05) is 13.1 Å². The highest BCUT2D eigenvalue weighted by atomic mass is 35.5. The Hall–Kier alpha value is -2.35. The molecule has 6 nitrogen and oxygen atoms in total. The van der Waals surface area contributed by atoms with Crippen LogP contribution in [0.15, 0.2) is 59.6 Å². The minimum Gasteiger partial charge on any atom is -0.352 e. The van der Waals surface area contributed by atoms with E-state index >= 15 is 0 Å². The van der Waals surface area contributed by atoms with Crippen molar-refractivity contribution in [2.24, 2.45) is 13.0 Å². The molecule has 0 aliphatic carbocycles. The molecule has 30 heavy (non-hydrogen) atoms. The van der Waals surface area contributed by atoms with Crippen molar-refractivity contribution in [1.82, 2.24) is 14.2 Å². The van der Waals surface area contributed by atoms with Gasteiger partial charge in [0.1, 0.15) is 0 Å². The summed E-state index contributed by atoms with van der Waals surface area (Å²) in [5, 5.41) is 4.47. The summed E-state index contributed by atoms with van der Waals surface area (Å²) in [4.78, 5) is 12.8. The quantitative estimate of drug-likeness (QED) is 0.652. The molecular weight excluding hydrogens is 422 g/mol. The predicted molar refractivity (Wildman–Crippen MR) is 118 cm³/mol. The third-order valence-corrected chi connectivity index (χ3v) is 7.80. The summed E-state index contributed by atoms with van der Waals surface area (Å²) in [5.41, 5.74) is 1.93. The first kappa shape index (κ1) is 20.9. The van der Waals surface area contributed by atoms with E-state index in [0.717, 1.165) is 16.5 Å². The zero-order valence-corrected chi connectivity index (χ0v) is 18.3. The highest BCUT2D eigenvalue weighted by molar-refractivity contribution is 7.89. The first-order valence-corrected chi connectivity index (χ1v) is 11.7. The molecule has 0 spiro atoms. The average Bonchev–Trinajstić information content (AvgIpc) is 3.12. The number of sulfonamides is 1. The highest BCUT2D eigenvalue weighted by Gasteiger charge is 2.32. The number of hydrogen-bond donors (Lipinski definition) is 1. The second-order valence-corrected chi connectivity index (χ2v) is 10.0. The zero-order chi connectivity index (χ0) is 21.3. The minimum absolute atomic E-state index is 0.0438. The lowest BCUT2D eigenvalue weighted by molar-refractivity contribution is -0.126. The molecule has 0 unspecified atom stereocenters. The summed E-state index contributed by atoms with van der Waals surface area (Å²) in [6.45, 7) is 1.09. The van der Waals surface area contributed by atoms with Gasteiger partial charge in [-0.3, -0.25) is 4.79 Å². The number of amides is 1. The number of aromatic nitrogens is 1. The van der Waals surface area contributed by atoms with E-state index in [1.54, 1.807) is 18.2 Å². The monoisotopic (exact) mass is 445 g/mol. The van der Waals surface area contributed by atoms with Crippen LogP contribution in [0.4, 0.5) is 0 Å². The summed E-state index contributed by atoms with van der Waals surface area (Å²) in [6.07, 6.45) is 2.93. The van der Waals surface area contributed by atoms with Crippen molar-refractivity contribution in [2.45, 2.75) is 24.3 Å². The standard InChI is InChI=1S/C22H24ClN3O3S/c1-25-10-7-18-14-20(5-6-21(18)25)30(28,29)26-11-8-17(9-12-26)22(27)24-15-16-3-2-4-19(23)13-16/h2-7,10,13-14,17H,8-9,11-12,15H2,1H3,(H,24,27). The summed E-state index contributed by atoms with van der Waals surface area (Å²) in [5.74, 6) is -0.232. The van der Waals surface area contributed by atoms with E-state index in [0.29, 0.717) is 42.4 Å². The Morgan fingerprint density at radius 3 is 2.63 bits per heavy atom. The zero-order valence-electron chi connectivity index (χ0n) is 16.7. The van der Waals surface area contributed by atoms with Crippen molar-refractivity contribution in [3.63, 3.8) is 0 Å². The molecule has 1 N–H and O–H groups in total. The van der Waals surface area contributed by atoms with Gasteiger partial charge in [-0.1, -0.05) is 23.7 Å². The number of piperidine rings is 1. The summed E-state index contributed by atoms with van der Waals surface area (Å²) in [7, 11) is -1.65. The van der Waals surface area contributed by atoms with Crippen molar-refractivity contribution < 1.29 is 13.2 Å². The molecular formula is C22H24ClN3O3S. The summed E-state index contributed by atoms with van der Waals surface area (Å²) in [6, 6.07) is 14.5. The van der Waals surface area contributed by atoms with Gasteiger partial charge in [-0.25, -0.2) is 8.42 Å². The van der Waals surface area contributed by atoms with Crippen LogP contribution >= 0.6 is 11.6 Å². The Kier molecular flexibility index (Phi) is 5.86. The molecule has 8 heteroatoms. The lowest BCUT2D eigenvalue weighted by Gasteiger charge is -2.30. The van der Waals surface area contributed by atoms with E-state index < -0.39 is 10.0 Å². The molecule has 1 aromatic heterocycles. The smallest absolute Gasteiger partial charge is 0.243 e. The van der Waals surface area contributed by atoms with Gasteiger partial charge in [0.15, 0.2) is 0 Å². The van der Waals surface area contributed by atoms with Crippen LogP contribution in [0, 0.1) is 5.92 Å². The SMILES string of the molecule is Cn1ccc2cc(S(=O)(=O)N3CCC(C(=O)NCc4cccc(Cl)c4)CC3)ccc21. The van der Waals surface area contributed by atoms with Crippen LogP contribution in [-0.2, 0) is 28.4 Å². The van der Waals surface area contributed by atoms with Gasteiger partial charge in [0.2, 0.25) is 15.9 Å². The fourth-order valence-electron chi connectivity index (χ4n) is 3.91. The van der Waals surface area contributed by atoms with Crippen LogP contribution in [0.25, 0.3) is 10.9 Å². The van der Waals surface area contributed by atoms with Gasteiger partial charge >= 0.3 is 0 Å². The molecule has 4 rings (SSSR count). The Morgan fingerprint density at radius 1 is 1.13 bits per heavy atom. The van der Waals surface area contributed by atoms with Crippen LogP contribution < -0.4 is 5.32 Å². The summed E-state index contributed by atoms with van der Waals surface area (Å²) >= 11 is 5.98. The Labute approximate surface area is 181 Å². The van der Waals surface area contributed by atoms with Gasteiger partial charge in [0, 0.05) is 54.7 Å². The van der Waals surface area contributed by atoms with Crippen molar-refractivity contribution >= 4 is 38.4 Å². The van der Waals surface area contributed by atoms with Crippen molar-refractivity contribution in [1.29, 1.82) is 0 Å². The van der Waals surface area contributed by atoms with Gasteiger partial charge in [-0.05, 0) is 54.8 Å². The first-order chi connectivity index (χ1) is 14.3. The Morgan fingerprint density at radius 2 is 1.90 bits per heavy atom. The largest absolute Gasteiger partial charge is 0.352 e. The number of halogens is 1. The third kappa shape index (κ3) is 4.24. The maximum Gasteiger partial charge on any atom is 0.243 e. The van der Waals surface area contributed by atoms with Crippen LogP contribution in [-0.4, -0.2) is 36.3 Å². The van der Waals surface area contributed by atoms with Crippen LogP contribution in [0.1, 0.15) is 18.4 Å². The van der Waals surface area contributed by atoms with E-state index in [9.17, 15) is 13.2 Å². The number of nitrogens with one attached hydrogen (secondary N) is 1. The number of rotatable bonds is 5. The molecule has 1 saturated heterocycles. The molecule has 0 radical (unpaired) electrons. The van der Waals surface area contributed by atoms with Gasteiger partial charge < -0.3 is 9.88 Å². The molecule has 1 fully saturated rings. The number of hydrogen-bond acceptors (Lipinski definition) is 3. The van der Waals surface area contributed by atoms with E-state index in [4.69, 9.17) is 11.6 Å². The van der Waals surface area contributed by atoms with Crippen LogP contribution in [0.5, 0.6) is 0 Å². The van der Waals surface area contributed by atoms with Gasteiger partial charge in [0.25, 0.3) is 0 Å². The maximum absolute atomic E-state index is 13.1. The molecule has 0 atom stereocenters. The van der Waals surface area contributed by atoms with E-state index in [1.807, 2.05) is 48.1 Å². The Balaban J connectivity index is 1.37. The molecule has 1 amide bonds. The molecule has 158 valence electrons. The number of fused-ring (bicyclic) bond motifs is 1. The Bertz CT molecular complexity index is 1180. The summed E-state index contributed by atoms with van der Waals surface area (Å²) < 4.78 is 29.6. The normalized spacial score (nSPS) is 16.1. The first-order valence-electron chi connectivity index (χ1n) is 9.92. The van der Waals surface area contributed by atoms with E-state index in [1.165, 1.54) is 4.31 Å². The van der Waals surface area contributed by atoms with Crippen molar-refractivity contribution in [3.8, 4) is 0 Å². The second kappa shape index (κ2) is 8.41. The molecule has 1 aliphatic heterocycles. The highest BCUT2D eigenvalue weighted by Crippen LogP contribution is 2.26. The average molecular weight is 446 g/mol. The molecule has 2 heterocycles. The van der Waals surface area contributed by atoms with E-state index in [-0.39, 0.29) is 11.8 Å². The molecule has 0 saturated carbocycles. The molecule has 0 bridgehead atoms. The second-order valence-electron chi connectivity index (χ2n) is 7.67. The maximum atomic E-state index is 13.1. The number of benzene rings is 2. The van der Waals surface area contributed by atoms with Gasteiger partial charge in [0.05, 0.1) is 4.90 Å². The van der Waals surface area contributed by atoms with Crippen LogP contribution in [0.2, 0.25) is 5.02 Å². The lowest BCUT2D eigenvalue weighted by atomic mass is 9.97. The molecule has 2 aromatic carbocycles.